The molecule has 2 aromatic rings. The van der Waals surface area contributed by atoms with E-state index in [4.69, 9.17) is 17.0 Å². The van der Waals surface area contributed by atoms with Crippen LogP contribution in [0.15, 0.2) is 53.4 Å². The maximum atomic E-state index is 13.0. The van der Waals surface area contributed by atoms with Crippen LogP contribution in [-0.4, -0.2) is 16.8 Å². The van der Waals surface area contributed by atoms with Gasteiger partial charge in [-0.25, -0.2) is 0 Å². The highest BCUT2D eigenvalue weighted by atomic mass is 32.2. The molecule has 0 spiro atoms. The summed E-state index contributed by atoms with van der Waals surface area (Å²) in [6.45, 7) is 2.73. The zero-order chi connectivity index (χ0) is 21.0. The number of hydrogen-bond acceptors (Lipinski definition) is 4. The Bertz CT molecular complexity index is 940. The Balaban J connectivity index is 1.78. The van der Waals surface area contributed by atoms with Gasteiger partial charge in [0.05, 0.1) is 22.8 Å². The number of benzene rings is 2. The maximum absolute atomic E-state index is 13.0. The van der Waals surface area contributed by atoms with Crippen LogP contribution in [0, 0.1) is 0 Å². The van der Waals surface area contributed by atoms with Crippen molar-refractivity contribution in [3.05, 3.63) is 64.6 Å². The highest BCUT2D eigenvalue weighted by Gasteiger charge is 2.36. The molecule has 3 rings (SSSR count). The standard InChI is InChI=1S/C21H18F3NO2S2/c1-2-3-11-27-17-9-7-14(8-10-17)12-18-19(26)25(20(28)29-18)16-6-4-5-15(13-16)21(22,23)24/h4-10,12-13H,2-3,11H2,1H3/b18-12+. The largest absolute Gasteiger partial charge is 0.494 e. The summed E-state index contributed by atoms with van der Waals surface area (Å²) in [4.78, 5) is 14.2. The number of alkyl halides is 3. The van der Waals surface area contributed by atoms with E-state index in [1.807, 2.05) is 24.3 Å². The summed E-state index contributed by atoms with van der Waals surface area (Å²) in [5.74, 6) is 0.301. The van der Waals surface area contributed by atoms with Gasteiger partial charge in [-0.2, -0.15) is 13.2 Å². The Kier molecular flexibility index (Phi) is 6.64. The lowest BCUT2D eigenvalue weighted by Gasteiger charge is -2.16. The van der Waals surface area contributed by atoms with Gasteiger partial charge in [0.1, 0.15) is 5.75 Å². The number of carbonyl (C=O) groups excluding carboxylic acids is 1. The highest BCUT2D eigenvalue weighted by Crippen LogP contribution is 2.38. The van der Waals surface area contributed by atoms with Crippen molar-refractivity contribution in [1.82, 2.24) is 0 Å². The molecule has 152 valence electrons. The number of thiocarbonyl (C=S) groups is 1. The molecule has 3 nitrogen and oxygen atoms in total. The zero-order valence-electron chi connectivity index (χ0n) is 15.5. The van der Waals surface area contributed by atoms with E-state index in [1.165, 1.54) is 12.1 Å². The van der Waals surface area contributed by atoms with Gasteiger partial charge in [0.25, 0.3) is 5.91 Å². The normalized spacial score (nSPS) is 16.0. The summed E-state index contributed by atoms with van der Waals surface area (Å²) in [7, 11) is 0. The molecular weight excluding hydrogens is 419 g/mol. The van der Waals surface area contributed by atoms with Gasteiger partial charge < -0.3 is 4.74 Å². The van der Waals surface area contributed by atoms with Crippen LogP contribution in [0.1, 0.15) is 30.9 Å². The van der Waals surface area contributed by atoms with E-state index in [1.54, 1.807) is 6.08 Å². The van der Waals surface area contributed by atoms with Crippen LogP contribution in [0.25, 0.3) is 6.08 Å². The number of halogens is 3. The lowest BCUT2D eigenvalue weighted by Crippen LogP contribution is -2.27. The number of ether oxygens (including phenoxy) is 1. The van der Waals surface area contributed by atoms with Crippen molar-refractivity contribution < 1.29 is 22.7 Å². The van der Waals surface area contributed by atoms with E-state index in [9.17, 15) is 18.0 Å². The van der Waals surface area contributed by atoms with Crippen molar-refractivity contribution in [2.45, 2.75) is 25.9 Å². The van der Waals surface area contributed by atoms with E-state index in [-0.39, 0.29) is 10.0 Å². The fraction of sp³-hybridized carbons (Fsp3) is 0.238. The summed E-state index contributed by atoms with van der Waals surface area (Å²) in [5, 5.41) is 0. The molecule has 0 radical (unpaired) electrons. The summed E-state index contributed by atoms with van der Waals surface area (Å²) in [6, 6.07) is 11.8. The van der Waals surface area contributed by atoms with Crippen LogP contribution in [-0.2, 0) is 11.0 Å². The first-order chi connectivity index (χ1) is 13.8. The second-order valence-corrected chi connectivity index (χ2v) is 8.01. The molecule has 1 aliphatic heterocycles. The first-order valence-electron chi connectivity index (χ1n) is 8.97. The molecule has 1 aliphatic rings. The number of unbranched alkanes of at least 4 members (excludes halogenated alkanes) is 1. The molecule has 0 bridgehead atoms. The zero-order valence-corrected chi connectivity index (χ0v) is 17.2. The van der Waals surface area contributed by atoms with Gasteiger partial charge in [-0.15, -0.1) is 0 Å². The molecule has 0 aliphatic carbocycles. The topological polar surface area (TPSA) is 29.5 Å². The van der Waals surface area contributed by atoms with Gasteiger partial charge in [0.15, 0.2) is 4.32 Å². The number of hydrogen-bond donors (Lipinski definition) is 0. The number of carbonyl (C=O) groups is 1. The van der Waals surface area contributed by atoms with Gasteiger partial charge in [0, 0.05) is 0 Å². The van der Waals surface area contributed by atoms with Crippen LogP contribution in [0.4, 0.5) is 18.9 Å². The molecule has 8 heteroatoms. The molecule has 0 atom stereocenters. The second kappa shape index (κ2) is 9.00. The molecule has 2 aromatic carbocycles. The highest BCUT2D eigenvalue weighted by molar-refractivity contribution is 8.27. The van der Waals surface area contributed by atoms with Crippen LogP contribution < -0.4 is 9.64 Å². The predicted octanol–water partition coefficient (Wildman–Crippen LogP) is 6.29. The molecule has 29 heavy (non-hydrogen) atoms. The maximum Gasteiger partial charge on any atom is 0.416 e. The minimum absolute atomic E-state index is 0.102. The van der Waals surface area contributed by atoms with Gasteiger partial charge in [-0.05, 0) is 48.4 Å². The van der Waals surface area contributed by atoms with Crippen molar-refractivity contribution in [3.63, 3.8) is 0 Å². The summed E-state index contributed by atoms with van der Waals surface area (Å²) >= 11 is 6.30. The van der Waals surface area contributed by atoms with Gasteiger partial charge >= 0.3 is 6.18 Å². The first kappa shape index (κ1) is 21.4. The van der Waals surface area contributed by atoms with E-state index in [0.717, 1.165) is 52.9 Å². The molecular formula is C21H18F3NO2S2. The molecule has 1 heterocycles. The average Bonchev–Trinajstić information content (AvgIpc) is 2.96. The fourth-order valence-corrected chi connectivity index (χ4v) is 3.96. The third kappa shape index (κ3) is 5.19. The summed E-state index contributed by atoms with van der Waals surface area (Å²) in [5.41, 5.74) is 0.0504. The minimum atomic E-state index is -4.49. The van der Waals surface area contributed by atoms with Crippen LogP contribution in [0.5, 0.6) is 5.75 Å². The van der Waals surface area contributed by atoms with Crippen LogP contribution in [0.3, 0.4) is 0 Å². The molecule has 0 aromatic heterocycles. The number of nitrogens with zero attached hydrogens (tertiary/aromatic N) is 1. The quantitative estimate of drug-likeness (QED) is 0.302. The molecule has 1 fully saturated rings. The van der Waals surface area contributed by atoms with Crippen LogP contribution >= 0.6 is 24.0 Å². The number of amides is 1. The smallest absolute Gasteiger partial charge is 0.416 e. The molecule has 0 saturated carbocycles. The predicted molar refractivity (Wildman–Crippen MR) is 114 cm³/mol. The van der Waals surface area contributed by atoms with E-state index >= 15 is 0 Å². The average molecular weight is 438 g/mol. The van der Waals surface area contributed by atoms with Crippen LogP contribution in [0.2, 0.25) is 0 Å². The number of thioether (sulfide) groups is 1. The SMILES string of the molecule is CCCCOc1ccc(/C=C2/SC(=S)N(c3cccc(C(F)(F)F)c3)C2=O)cc1. The minimum Gasteiger partial charge on any atom is -0.494 e. The number of rotatable bonds is 6. The lowest BCUT2D eigenvalue weighted by molar-refractivity contribution is -0.137. The monoisotopic (exact) mass is 437 g/mol. The second-order valence-electron chi connectivity index (χ2n) is 6.34. The first-order valence-corrected chi connectivity index (χ1v) is 10.2. The summed E-state index contributed by atoms with van der Waals surface area (Å²) in [6.07, 6.45) is -0.804. The van der Waals surface area contributed by atoms with E-state index in [0.29, 0.717) is 11.5 Å². The van der Waals surface area contributed by atoms with Crippen molar-refractivity contribution in [2.75, 3.05) is 11.5 Å². The Morgan fingerprint density at radius 1 is 1.17 bits per heavy atom. The molecule has 0 N–H and O–H groups in total. The Morgan fingerprint density at radius 2 is 1.90 bits per heavy atom. The fourth-order valence-electron chi connectivity index (χ4n) is 2.66. The van der Waals surface area contributed by atoms with E-state index < -0.39 is 17.6 Å². The molecule has 0 unspecified atom stereocenters. The summed E-state index contributed by atoms with van der Waals surface area (Å²) < 4.78 is 44.7. The third-order valence-electron chi connectivity index (χ3n) is 4.17. The van der Waals surface area contributed by atoms with Gasteiger partial charge in [0.2, 0.25) is 0 Å². The Labute approximate surface area is 176 Å². The van der Waals surface area contributed by atoms with Crippen molar-refractivity contribution >= 4 is 46.0 Å². The van der Waals surface area contributed by atoms with Crippen molar-refractivity contribution in [3.8, 4) is 5.75 Å². The van der Waals surface area contributed by atoms with Gasteiger partial charge in [-0.1, -0.05) is 55.5 Å². The van der Waals surface area contributed by atoms with Gasteiger partial charge in [-0.3, -0.25) is 9.69 Å². The molecule has 1 saturated heterocycles. The lowest BCUT2D eigenvalue weighted by atomic mass is 10.1. The Morgan fingerprint density at radius 3 is 2.55 bits per heavy atom. The van der Waals surface area contributed by atoms with E-state index in [2.05, 4.69) is 6.92 Å². The van der Waals surface area contributed by atoms with Crippen molar-refractivity contribution in [2.24, 2.45) is 0 Å². The Hall–Kier alpha value is -2.32. The number of anilines is 1. The third-order valence-corrected chi connectivity index (χ3v) is 5.47. The van der Waals surface area contributed by atoms with Crippen molar-refractivity contribution in [1.29, 1.82) is 0 Å². The molecule has 1 amide bonds.